The second-order valence-corrected chi connectivity index (χ2v) is 9.70. The van der Waals surface area contributed by atoms with Gasteiger partial charge in [-0.3, -0.25) is 9.69 Å². The first kappa shape index (κ1) is 22.0. The molecule has 1 amide bonds. The molecule has 9 heteroatoms. The SMILES string of the molecule is Cc1cc(O)ccc1N=C1NC(=O)/C(=C/c2cnc(CCCCN3CCOCC3)s2)S1. The number of aryl methyl sites for hydroxylation is 2. The number of unbranched alkanes of at least 4 members (excludes halogenated alkanes) is 1. The summed E-state index contributed by atoms with van der Waals surface area (Å²) in [7, 11) is 0. The van der Waals surface area contributed by atoms with E-state index in [2.05, 4.69) is 20.2 Å². The number of thioether (sulfide) groups is 1. The molecule has 0 radical (unpaired) electrons. The Morgan fingerprint density at radius 1 is 1.32 bits per heavy atom. The van der Waals surface area contributed by atoms with Crippen LogP contribution < -0.4 is 5.32 Å². The highest BCUT2D eigenvalue weighted by atomic mass is 32.2. The van der Waals surface area contributed by atoms with Gasteiger partial charge in [0.25, 0.3) is 5.91 Å². The third-order valence-electron chi connectivity index (χ3n) is 5.12. The van der Waals surface area contributed by atoms with Gasteiger partial charge in [0.15, 0.2) is 5.17 Å². The number of hydrogen-bond acceptors (Lipinski definition) is 8. The molecule has 164 valence electrons. The van der Waals surface area contributed by atoms with E-state index >= 15 is 0 Å². The lowest BCUT2D eigenvalue weighted by Crippen LogP contribution is -2.36. The van der Waals surface area contributed by atoms with Crippen LogP contribution in [0.2, 0.25) is 0 Å². The fourth-order valence-electron chi connectivity index (χ4n) is 3.43. The van der Waals surface area contributed by atoms with Crippen molar-refractivity contribution in [3.05, 3.63) is 44.7 Å². The van der Waals surface area contributed by atoms with Crippen LogP contribution in [0.4, 0.5) is 5.69 Å². The molecule has 2 aliphatic heterocycles. The van der Waals surface area contributed by atoms with Gasteiger partial charge in [-0.15, -0.1) is 11.3 Å². The summed E-state index contributed by atoms with van der Waals surface area (Å²) in [6.45, 7) is 6.74. The Morgan fingerprint density at radius 2 is 2.16 bits per heavy atom. The first-order chi connectivity index (χ1) is 15.1. The van der Waals surface area contributed by atoms with Crippen LogP contribution in [-0.2, 0) is 16.0 Å². The first-order valence-corrected chi connectivity index (χ1v) is 12.0. The van der Waals surface area contributed by atoms with Crippen LogP contribution >= 0.6 is 23.1 Å². The van der Waals surface area contributed by atoms with Crippen LogP contribution in [0.15, 0.2) is 34.3 Å². The zero-order valence-corrected chi connectivity index (χ0v) is 19.1. The molecule has 2 aliphatic rings. The molecule has 7 nitrogen and oxygen atoms in total. The quantitative estimate of drug-likeness (QED) is 0.486. The maximum atomic E-state index is 12.3. The second-order valence-electron chi connectivity index (χ2n) is 7.52. The number of carbonyl (C=O) groups excluding carboxylic acids is 1. The number of ether oxygens (including phenoxy) is 1. The van der Waals surface area contributed by atoms with E-state index in [0.29, 0.717) is 10.1 Å². The van der Waals surface area contributed by atoms with Crippen molar-refractivity contribution in [2.75, 3.05) is 32.8 Å². The number of phenols is 1. The van der Waals surface area contributed by atoms with E-state index < -0.39 is 0 Å². The Hall–Kier alpha value is -2.20. The summed E-state index contributed by atoms with van der Waals surface area (Å²) >= 11 is 2.95. The summed E-state index contributed by atoms with van der Waals surface area (Å²) in [5.41, 5.74) is 1.57. The van der Waals surface area contributed by atoms with Gasteiger partial charge in [0, 0.05) is 24.2 Å². The third kappa shape index (κ3) is 6.16. The first-order valence-electron chi connectivity index (χ1n) is 10.4. The minimum absolute atomic E-state index is 0.152. The number of morpholine rings is 1. The van der Waals surface area contributed by atoms with Gasteiger partial charge in [-0.05, 0) is 74.3 Å². The molecule has 0 bridgehead atoms. The molecule has 0 aliphatic carbocycles. The second kappa shape index (κ2) is 10.4. The Bertz CT molecular complexity index is 996. The predicted molar refractivity (Wildman–Crippen MR) is 126 cm³/mol. The van der Waals surface area contributed by atoms with E-state index in [1.165, 1.54) is 11.8 Å². The molecule has 1 aromatic heterocycles. The standard InChI is InChI=1S/C22H26N4O3S2/c1-15-12-16(27)5-6-18(15)24-22-25-21(28)19(31-22)13-17-14-23-20(30-17)4-2-3-7-26-8-10-29-11-9-26/h5-6,12-14,27H,2-4,7-11H2,1H3,(H,24,25,28)/b19-13-. The van der Waals surface area contributed by atoms with E-state index in [9.17, 15) is 9.90 Å². The molecule has 2 fully saturated rings. The number of benzene rings is 1. The van der Waals surface area contributed by atoms with Gasteiger partial charge in [0.05, 0.1) is 28.8 Å². The van der Waals surface area contributed by atoms with Gasteiger partial charge < -0.3 is 15.2 Å². The molecule has 4 rings (SSSR count). The molecular weight excluding hydrogens is 432 g/mol. The summed E-state index contributed by atoms with van der Waals surface area (Å²) in [4.78, 5) is 25.4. The van der Waals surface area contributed by atoms with E-state index in [-0.39, 0.29) is 11.7 Å². The molecule has 0 unspecified atom stereocenters. The number of aliphatic imine (C=N–C) groups is 1. The normalized spacial score (nSPS) is 20.0. The highest BCUT2D eigenvalue weighted by Gasteiger charge is 2.24. The minimum atomic E-state index is -0.152. The number of aromatic hydroxyl groups is 1. The van der Waals surface area contributed by atoms with Gasteiger partial charge in [0.2, 0.25) is 0 Å². The van der Waals surface area contributed by atoms with Gasteiger partial charge in [0.1, 0.15) is 5.75 Å². The maximum Gasteiger partial charge on any atom is 0.264 e. The molecule has 31 heavy (non-hydrogen) atoms. The van der Waals surface area contributed by atoms with Gasteiger partial charge in [-0.1, -0.05) is 0 Å². The Morgan fingerprint density at radius 3 is 2.97 bits per heavy atom. The lowest BCUT2D eigenvalue weighted by molar-refractivity contribution is -0.115. The fourth-order valence-corrected chi connectivity index (χ4v) is 5.23. The number of amidine groups is 1. The summed E-state index contributed by atoms with van der Waals surface area (Å²) in [5.74, 6) is 0.0490. The highest BCUT2D eigenvalue weighted by molar-refractivity contribution is 8.18. The van der Waals surface area contributed by atoms with Crippen LogP contribution in [0, 0.1) is 6.92 Å². The number of aromatic nitrogens is 1. The summed E-state index contributed by atoms with van der Waals surface area (Å²) in [6.07, 6.45) is 6.94. The molecule has 2 aromatic rings. The zero-order chi connectivity index (χ0) is 21.6. The smallest absolute Gasteiger partial charge is 0.264 e. The zero-order valence-electron chi connectivity index (χ0n) is 17.5. The minimum Gasteiger partial charge on any atom is -0.508 e. The maximum absolute atomic E-state index is 12.3. The number of thiazole rings is 1. The third-order valence-corrected chi connectivity index (χ3v) is 7.03. The summed E-state index contributed by atoms with van der Waals surface area (Å²) < 4.78 is 5.38. The average molecular weight is 459 g/mol. The van der Waals surface area contributed by atoms with E-state index in [4.69, 9.17) is 4.74 Å². The fraction of sp³-hybridized carbons (Fsp3) is 0.409. The van der Waals surface area contributed by atoms with E-state index in [1.807, 2.05) is 19.2 Å². The Balaban J connectivity index is 1.31. The van der Waals surface area contributed by atoms with Crippen LogP contribution in [0.25, 0.3) is 6.08 Å². The number of rotatable bonds is 7. The summed E-state index contributed by atoms with van der Waals surface area (Å²) in [5, 5.41) is 14.0. The molecule has 0 saturated carbocycles. The number of nitrogens with one attached hydrogen (secondary N) is 1. The molecule has 1 aromatic carbocycles. The van der Waals surface area contributed by atoms with Crippen molar-refractivity contribution in [2.45, 2.75) is 26.2 Å². The lowest BCUT2D eigenvalue weighted by atomic mass is 10.2. The van der Waals surface area contributed by atoms with Crippen LogP contribution in [0.1, 0.15) is 28.3 Å². The van der Waals surface area contributed by atoms with E-state index in [0.717, 1.165) is 73.2 Å². The van der Waals surface area contributed by atoms with Crippen molar-refractivity contribution < 1.29 is 14.6 Å². The van der Waals surface area contributed by atoms with Crippen molar-refractivity contribution in [2.24, 2.45) is 4.99 Å². The predicted octanol–water partition coefficient (Wildman–Crippen LogP) is 3.70. The largest absolute Gasteiger partial charge is 0.508 e. The van der Waals surface area contributed by atoms with Gasteiger partial charge in [-0.2, -0.15) is 0 Å². The molecule has 2 saturated heterocycles. The van der Waals surface area contributed by atoms with Gasteiger partial charge >= 0.3 is 0 Å². The van der Waals surface area contributed by atoms with Crippen molar-refractivity contribution in [3.63, 3.8) is 0 Å². The Labute approximate surface area is 190 Å². The van der Waals surface area contributed by atoms with Crippen LogP contribution in [-0.4, -0.2) is 58.9 Å². The topological polar surface area (TPSA) is 87.1 Å². The van der Waals surface area contributed by atoms with Crippen molar-refractivity contribution in [3.8, 4) is 5.75 Å². The highest BCUT2D eigenvalue weighted by Crippen LogP contribution is 2.31. The number of nitrogens with zero attached hydrogens (tertiary/aromatic N) is 3. The number of carbonyl (C=O) groups is 1. The van der Waals surface area contributed by atoms with Crippen LogP contribution in [0.5, 0.6) is 5.75 Å². The molecular formula is C22H26N4O3S2. The summed E-state index contributed by atoms with van der Waals surface area (Å²) in [6, 6.07) is 4.97. The van der Waals surface area contributed by atoms with Crippen molar-refractivity contribution in [1.82, 2.24) is 15.2 Å². The van der Waals surface area contributed by atoms with E-state index in [1.54, 1.807) is 29.5 Å². The molecule has 0 atom stereocenters. The molecule has 0 spiro atoms. The number of hydrogen-bond donors (Lipinski definition) is 2. The Kier molecular flexibility index (Phi) is 7.39. The average Bonchev–Trinajstić information content (AvgIpc) is 3.34. The van der Waals surface area contributed by atoms with Crippen molar-refractivity contribution in [1.29, 1.82) is 0 Å². The number of phenolic OH excluding ortho intramolecular Hbond substituents is 1. The number of amides is 1. The molecule has 3 heterocycles. The molecule has 2 N–H and O–H groups in total. The van der Waals surface area contributed by atoms with Gasteiger partial charge in [-0.25, -0.2) is 9.98 Å². The monoisotopic (exact) mass is 458 g/mol. The van der Waals surface area contributed by atoms with Crippen molar-refractivity contribution >= 4 is 45.9 Å². The van der Waals surface area contributed by atoms with Crippen LogP contribution in [0.3, 0.4) is 0 Å². The lowest BCUT2D eigenvalue weighted by Gasteiger charge is -2.26.